The molecule has 6 heteroatoms. The Kier molecular flexibility index (Phi) is 6.42. The molecule has 0 aromatic heterocycles. The number of halogens is 1. The zero-order chi connectivity index (χ0) is 20.1. The Labute approximate surface area is 171 Å². The number of piperidine rings is 1. The molecule has 1 amide bonds. The number of likely N-dealkylation sites (tertiary alicyclic amines) is 1. The Hall–Kier alpha value is -2.44. The summed E-state index contributed by atoms with van der Waals surface area (Å²) >= 11 is 0. The van der Waals surface area contributed by atoms with Crippen LogP contribution in [0.4, 0.5) is 10.1 Å². The molecule has 2 fully saturated rings. The van der Waals surface area contributed by atoms with E-state index in [1.165, 1.54) is 6.07 Å². The summed E-state index contributed by atoms with van der Waals surface area (Å²) in [7, 11) is 0. The van der Waals surface area contributed by atoms with Gasteiger partial charge in [0.2, 0.25) is 0 Å². The second-order valence-electron chi connectivity index (χ2n) is 7.79. The monoisotopic (exact) mass is 397 g/mol. The van der Waals surface area contributed by atoms with Crippen molar-refractivity contribution >= 4 is 11.6 Å². The van der Waals surface area contributed by atoms with Crippen LogP contribution in [0.1, 0.15) is 28.8 Å². The van der Waals surface area contributed by atoms with Gasteiger partial charge >= 0.3 is 0 Å². The number of amides is 1. The lowest BCUT2D eigenvalue weighted by atomic mass is 10.0. The lowest BCUT2D eigenvalue weighted by Crippen LogP contribution is -2.47. The van der Waals surface area contributed by atoms with Crippen LogP contribution in [0.15, 0.2) is 48.5 Å². The van der Waals surface area contributed by atoms with Crippen LogP contribution in [-0.4, -0.2) is 56.2 Å². The standard InChI is InChI=1S/C23H28FN3O2/c24-22-9-2-1-5-19(22)16-26-10-4-7-20(17-26)25-23(28)18-6-3-8-21(15-18)27-11-13-29-14-12-27/h1-3,5-6,8-9,15,20H,4,7,10-14,16-17H2,(H,25,28)/t20-/m0/s1. The third-order valence-corrected chi connectivity index (χ3v) is 5.68. The van der Waals surface area contributed by atoms with E-state index in [1.807, 2.05) is 36.4 Å². The van der Waals surface area contributed by atoms with Gasteiger partial charge in [-0.3, -0.25) is 9.69 Å². The molecule has 0 radical (unpaired) electrons. The second-order valence-corrected chi connectivity index (χ2v) is 7.79. The van der Waals surface area contributed by atoms with Crippen molar-refractivity contribution in [2.45, 2.75) is 25.4 Å². The highest BCUT2D eigenvalue weighted by molar-refractivity contribution is 5.95. The number of nitrogens with one attached hydrogen (secondary N) is 1. The highest BCUT2D eigenvalue weighted by Crippen LogP contribution is 2.19. The zero-order valence-corrected chi connectivity index (χ0v) is 16.6. The molecule has 1 atom stereocenters. The summed E-state index contributed by atoms with van der Waals surface area (Å²) in [4.78, 5) is 17.3. The first kappa shape index (κ1) is 19.9. The van der Waals surface area contributed by atoms with Crippen molar-refractivity contribution in [2.75, 3.05) is 44.3 Å². The van der Waals surface area contributed by atoms with Crippen molar-refractivity contribution in [3.05, 3.63) is 65.5 Å². The molecule has 0 bridgehead atoms. The van der Waals surface area contributed by atoms with Gasteiger partial charge in [-0.05, 0) is 43.7 Å². The summed E-state index contributed by atoms with van der Waals surface area (Å²) in [6, 6.07) is 14.8. The number of hydrogen-bond acceptors (Lipinski definition) is 4. The largest absolute Gasteiger partial charge is 0.378 e. The average molecular weight is 397 g/mol. The molecule has 2 aliphatic heterocycles. The first-order chi connectivity index (χ1) is 14.2. The van der Waals surface area contributed by atoms with Crippen LogP contribution in [-0.2, 0) is 11.3 Å². The van der Waals surface area contributed by atoms with Gasteiger partial charge in [0.25, 0.3) is 5.91 Å². The van der Waals surface area contributed by atoms with Crippen LogP contribution in [0.3, 0.4) is 0 Å². The number of anilines is 1. The van der Waals surface area contributed by atoms with Gasteiger partial charge in [-0.25, -0.2) is 4.39 Å². The number of carbonyl (C=O) groups excluding carboxylic acids is 1. The number of benzene rings is 2. The maximum absolute atomic E-state index is 14.0. The SMILES string of the molecule is O=C(N[C@H]1CCCN(Cc2ccccc2F)C1)c1cccc(N2CCOCC2)c1. The Bertz CT molecular complexity index is 838. The van der Waals surface area contributed by atoms with E-state index in [2.05, 4.69) is 15.1 Å². The first-order valence-corrected chi connectivity index (χ1v) is 10.4. The second kappa shape index (κ2) is 9.37. The Morgan fingerprint density at radius 1 is 1.10 bits per heavy atom. The van der Waals surface area contributed by atoms with E-state index < -0.39 is 0 Å². The van der Waals surface area contributed by atoms with E-state index >= 15 is 0 Å². The van der Waals surface area contributed by atoms with Crippen LogP contribution >= 0.6 is 0 Å². The van der Waals surface area contributed by atoms with E-state index in [4.69, 9.17) is 4.74 Å². The molecule has 2 heterocycles. The van der Waals surface area contributed by atoms with Crippen molar-refractivity contribution in [1.82, 2.24) is 10.2 Å². The molecule has 154 valence electrons. The van der Waals surface area contributed by atoms with E-state index in [0.717, 1.165) is 57.9 Å². The summed E-state index contributed by atoms with van der Waals surface area (Å²) in [6.07, 6.45) is 1.94. The molecule has 2 saturated heterocycles. The number of morpholine rings is 1. The highest BCUT2D eigenvalue weighted by atomic mass is 19.1. The third kappa shape index (κ3) is 5.14. The first-order valence-electron chi connectivity index (χ1n) is 10.4. The fourth-order valence-electron chi connectivity index (χ4n) is 4.12. The quantitative estimate of drug-likeness (QED) is 0.842. The molecular weight excluding hydrogens is 369 g/mol. The molecule has 2 aromatic carbocycles. The minimum atomic E-state index is -0.168. The predicted octanol–water partition coefficient (Wildman–Crippen LogP) is 3.06. The Morgan fingerprint density at radius 2 is 1.93 bits per heavy atom. The molecular formula is C23H28FN3O2. The smallest absolute Gasteiger partial charge is 0.251 e. The van der Waals surface area contributed by atoms with Crippen molar-refractivity contribution in [3.63, 3.8) is 0 Å². The summed E-state index contributed by atoms with van der Waals surface area (Å²) in [5, 5.41) is 3.18. The fraction of sp³-hybridized carbons (Fsp3) is 0.435. The molecule has 0 aliphatic carbocycles. The van der Waals surface area contributed by atoms with Crippen molar-refractivity contribution in [2.24, 2.45) is 0 Å². The molecule has 5 nitrogen and oxygen atoms in total. The number of ether oxygens (including phenoxy) is 1. The van der Waals surface area contributed by atoms with Gasteiger partial charge in [0.1, 0.15) is 5.82 Å². The lowest BCUT2D eigenvalue weighted by molar-refractivity contribution is 0.0900. The van der Waals surface area contributed by atoms with E-state index in [1.54, 1.807) is 6.07 Å². The van der Waals surface area contributed by atoms with Gasteiger partial charge in [-0.2, -0.15) is 0 Å². The lowest BCUT2D eigenvalue weighted by Gasteiger charge is -2.33. The van der Waals surface area contributed by atoms with Gasteiger partial charge in [0, 0.05) is 49.0 Å². The van der Waals surface area contributed by atoms with Crippen LogP contribution < -0.4 is 10.2 Å². The van der Waals surface area contributed by atoms with Gasteiger partial charge in [-0.1, -0.05) is 24.3 Å². The maximum Gasteiger partial charge on any atom is 0.251 e. The highest BCUT2D eigenvalue weighted by Gasteiger charge is 2.23. The Morgan fingerprint density at radius 3 is 2.76 bits per heavy atom. The molecule has 0 saturated carbocycles. The molecule has 29 heavy (non-hydrogen) atoms. The van der Waals surface area contributed by atoms with Gasteiger partial charge in [0.05, 0.1) is 13.2 Å². The average Bonchev–Trinajstić information content (AvgIpc) is 2.76. The van der Waals surface area contributed by atoms with Gasteiger partial charge in [0.15, 0.2) is 0 Å². The summed E-state index contributed by atoms with van der Waals surface area (Å²) in [6.45, 7) is 5.37. The number of rotatable bonds is 5. The summed E-state index contributed by atoms with van der Waals surface area (Å²) in [5.41, 5.74) is 2.45. The summed E-state index contributed by atoms with van der Waals surface area (Å²) in [5.74, 6) is -0.212. The van der Waals surface area contributed by atoms with Crippen LogP contribution in [0.2, 0.25) is 0 Å². The molecule has 4 rings (SSSR count). The van der Waals surface area contributed by atoms with Crippen molar-refractivity contribution in [3.8, 4) is 0 Å². The van der Waals surface area contributed by atoms with E-state index in [-0.39, 0.29) is 17.8 Å². The predicted molar refractivity (Wildman–Crippen MR) is 112 cm³/mol. The van der Waals surface area contributed by atoms with Gasteiger partial charge < -0.3 is 15.0 Å². The fourth-order valence-corrected chi connectivity index (χ4v) is 4.12. The molecule has 1 N–H and O–H groups in total. The summed E-state index contributed by atoms with van der Waals surface area (Å²) < 4.78 is 19.4. The van der Waals surface area contributed by atoms with Crippen LogP contribution in [0.25, 0.3) is 0 Å². The van der Waals surface area contributed by atoms with Gasteiger partial charge in [-0.15, -0.1) is 0 Å². The minimum Gasteiger partial charge on any atom is -0.378 e. The zero-order valence-electron chi connectivity index (χ0n) is 16.6. The number of carbonyl (C=O) groups is 1. The molecule has 0 spiro atoms. The molecule has 2 aliphatic rings. The van der Waals surface area contributed by atoms with Crippen molar-refractivity contribution < 1.29 is 13.9 Å². The molecule has 0 unspecified atom stereocenters. The van der Waals surface area contributed by atoms with Crippen LogP contribution in [0, 0.1) is 5.82 Å². The molecule has 2 aromatic rings. The van der Waals surface area contributed by atoms with Crippen LogP contribution in [0.5, 0.6) is 0 Å². The van der Waals surface area contributed by atoms with E-state index in [9.17, 15) is 9.18 Å². The maximum atomic E-state index is 14.0. The number of hydrogen-bond donors (Lipinski definition) is 1. The topological polar surface area (TPSA) is 44.8 Å². The van der Waals surface area contributed by atoms with E-state index in [0.29, 0.717) is 17.7 Å². The normalized spacial score (nSPS) is 20.4. The Balaban J connectivity index is 1.36. The van der Waals surface area contributed by atoms with Crippen molar-refractivity contribution in [1.29, 1.82) is 0 Å². The third-order valence-electron chi connectivity index (χ3n) is 5.68. The minimum absolute atomic E-state index is 0.0437. The number of nitrogens with zero attached hydrogens (tertiary/aromatic N) is 2.